The molecule has 3 aliphatic rings. The summed E-state index contributed by atoms with van der Waals surface area (Å²) < 4.78 is 0. The lowest BCUT2D eigenvalue weighted by molar-refractivity contribution is 0.0641. The van der Waals surface area contributed by atoms with Gasteiger partial charge >= 0.3 is 0 Å². The highest BCUT2D eigenvalue weighted by atomic mass is 14.5. The van der Waals surface area contributed by atoms with Crippen LogP contribution in [0.2, 0.25) is 0 Å². The zero-order valence-electron chi connectivity index (χ0n) is 14.8. The number of nitrogens with zero attached hydrogens (tertiary/aromatic N) is 1. The van der Waals surface area contributed by atoms with Gasteiger partial charge in [0.15, 0.2) is 0 Å². The molecule has 0 radical (unpaired) electrons. The van der Waals surface area contributed by atoms with Crippen LogP contribution in [0.15, 0.2) is 0 Å². The Morgan fingerprint density at radius 2 is 1.14 bits per heavy atom. The summed E-state index contributed by atoms with van der Waals surface area (Å²) in [6.45, 7) is 4.80. The summed E-state index contributed by atoms with van der Waals surface area (Å²) in [5.74, 6) is 4.49. The van der Waals surface area contributed by atoms with Crippen LogP contribution in [0.25, 0.3) is 0 Å². The number of hydrogen-bond acceptors (Lipinski definition) is 1. The van der Waals surface area contributed by atoms with Crippen molar-refractivity contribution in [2.75, 3.05) is 0 Å². The van der Waals surface area contributed by atoms with Crippen molar-refractivity contribution >= 4 is 0 Å². The molecule has 0 unspecified atom stereocenters. The van der Waals surface area contributed by atoms with Crippen molar-refractivity contribution in [3.05, 3.63) is 0 Å². The molecule has 0 heterocycles. The summed E-state index contributed by atoms with van der Waals surface area (Å²) in [5, 5.41) is 9.94. The van der Waals surface area contributed by atoms with Crippen molar-refractivity contribution in [1.82, 2.24) is 0 Å². The van der Waals surface area contributed by atoms with Crippen LogP contribution in [0.4, 0.5) is 0 Å². The molecular weight excluding hydrogens is 266 g/mol. The smallest absolute Gasteiger partial charge is 0.0692 e. The van der Waals surface area contributed by atoms with Gasteiger partial charge < -0.3 is 0 Å². The highest BCUT2D eigenvalue weighted by molar-refractivity contribution is 5.06. The molecule has 0 bridgehead atoms. The average molecular weight is 302 g/mol. The molecule has 0 aliphatic heterocycles. The Morgan fingerprint density at radius 1 is 0.682 bits per heavy atom. The topological polar surface area (TPSA) is 23.8 Å². The van der Waals surface area contributed by atoms with Crippen LogP contribution < -0.4 is 0 Å². The van der Waals surface area contributed by atoms with E-state index in [-0.39, 0.29) is 5.41 Å². The summed E-state index contributed by atoms with van der Waals surface area (Å²) in [6.07, 6.45) is 16.3. The molecule has 1 nitrogen and oxygen atoms in total. The maximum atomic E-state index is 9.94. The minimum Gasteiger partial charge on any atom is -0.198 e. The largest absolute Gasteiger partial charge is 0.198 e. The Morgan fingerprint density at radius 3 is 1.64 bits per heavy atom. The molecule has 3 fully saturated rings. The van der Waals surface area contributed by atoms with E-state index >= 15 is 0 Å². The lowest BCUT2D eigenvalue weighted by Gasteiger charge is -2.45. The standard InChI is InChI=1S/C21H35N/c1-16-3-7-18(8-4-16)19-11-13-21(15-22,14-12-19)20-9-5-17(2)6-10-20/h16-20H,3-14H2,1-2H3/t16-,17-,18-,19-,20-,21-. The van der Waals surface area contributed by atoms with Crippen LogP contribution >= 0.6 is 0 Å². The first kappa shape index (κ1) is 16.4. The number of rotatable bonds is 2. The van der Waals surface area contributed by atoms with Crippen LogP contribution in [0.3, 0.4) is 0 Å². The molecule has 0 spiro atoms. The third-order valence-electron chi connectivity index (χ3n) is 7.67. The first-order chi connectivity index (χ1) is 10.6. The van der Waals surface area contributed by atoms with E-state index in [1.807, 2.05) is 0 Å². The molecule has 1 heteroatoms. The minimum absolute atomic E-state index is 0.0542. The van der Waals surface area contributed by atoms with E-state index in [2.05, 4.69) is 19.9 Å². The van der Waals surface area contributed by atoms with E-state index in [1.54, 1.807) is 0 Å². The van der Waals surface area contributed by atoms with E-state index in [4.69, 9.17) is 0 Å². The monoisotopic (exact) mass is 301 g/mol. The Labute approximate surface area is 137 Å². The molecule has 0 atom stereocenters. The van der Waals surface area contributed by atoms with Gasteiger partial charge in [-0.25, -0.2) is 0 Å². The second kappa shape index (κ2) is 6.94. The van der Waals surface area contributed by atoms with Crippen molar-refractivity contribution in [3.8, 4) is 6.07 Å². The molecule has 0 aromatic heterocycles. The Hall–Kier alpha value is -0.510. The average Bonchev–Trinajstić information content (AvgIpc) is 2.56. The maximum Gasteiger partial charge on any atom is 0.0692 e. The van der Waals surface area contributed by atoms with Crippen molar-refractivity contribution in [2.24, 2.45) is 35.0 Å². The van der Waals surface area contributed by atoms with Crippen LogP contribution in [-0.4, -0.2) is 0 Å². The second-order valence-electron chi connectivity index (χ2n) is 9.08. The SMILES string of the molecule is C[C@H]1CC[C@H]([C@H]2CC[C@](C#N)([C@H]3CC[C@H](C)CC3)CC2)CC1. The number of hydrogen-bond donors (Lipinski definition) is 0. The second-order valence-corrected chi connectivity index (χ2v) is 9.08. The molecule has 0 amide bonds. The van der Waals surface area contributed by atoms with E-state index in [1.165, 1.54) is 77.0 Å². The van der Waals surface area contributed by atoms with Gasteiger partial charge in [0.05, 0.1) is 11.5 Å². The van der Waals surface area contributed by atoms with Crippen LogP contribution in [0, 0.1) is 46.3 Å². The quantitative estimate of drug-likeness (QED) is 0.584. The van der Waals surface area contributed by atoms with Crippen molar-refractivity contribution < 1.29 is 0 Å². The molecular formula is C21H35N. The zero-order valence-corrected chi connectivity index (χ0v) is 14.8. The summed E-state index contributed by atoms with van der Waals surface area (Å²) >= 11 is 0. The highest BCUT2D eigenvalue weighted by Crippen LogP contribution is 2.52. The van der Waals surface area contributed by atoms with E-state index < -0.39 is 0 Å². The molecule has 3 saturated carbocycles. The van der Waals surface area contributed by atoms with Crippen LogP contribution in [-0.2, 0) is 0 Å². The summed E-state index contributed by atoms with van der Waals surface area (Å²) in [7, 11) is 0. The fraction of sp³-hybridized carbons (Fsp3) is 0.952. The molecule has 3 aliphatic carbocycles. The minimum atomic E-state index is 0.0542. The van der Waals surface area contributed by atoms with Crippen LogP contribution in [0.1, 0.15) is 90.9 Å². The molecule has 0 aromatic rings. The van der Waals surface area contributed by atoms with Crippen molar-refractivity contribution in [1.29, 1.82) is 5.26 Å². The summed E-state index contributed by atoms with van der Waals surface area (Å²) in [4.78, 5) is 0. The highest BCUT2D eigenvalue weighted by Gasteiger charge is 2.44. The summed E-state index contributed by atoms with van der Waals surface area (Å²) in [6, 6.07) is 2.83. The number of nitriles is 1. The predicted octanol–water partition coefficient (Wildman–Crippen LogP) is 6.34. The van der Waals surface area contributed by atoms with Gasteiger partial charge in [-0.05, 0) is 81.0 Å². The lowest BCUT2D eigenvalue weighted by Crippen LogP contribution is -2.37. The van der Waals surface area contributed by atoms with Gasteiger partial charge in [-0.3, -0.25) is 0 Å². The molecule has 0 N–H and O–H groups in total. The van der Waals surface area contributed by atoms with Gasteiger partial charge in [-0.1, -0.05) is 39.5 Å². The van der Waals surface area contributed by atoms with Crippen molar-refractivity contribution in [2.45, 2.75) is 90.9 Å². The Kier molecular flexibility index (Phi) is 5.16. The Bertz CT molecular complexity index is 383. The zero-order chi connectivity index (χ0) is 15.6. The van der Waals surface area contributed by atoms with Gasteiger partial charge in [0.2, 0.25) is 0 Å². The third kappa shape index (κ3) is 3.37. The molecule has 0 aromatic carbocycles. The van der Waals surface area contributed by atoms with Crippen molar-refractivity contribution in [3.63, 3.8) is 0 Å². The molecule has 3 rings (SSSR count). The molecule has 22 heavy (non-hydrogen) atoms. The van der Waals surface area contributed by atoms with Gasteiger partial charge in [0, 0.05) is 0 Å². The van der Waals surface area contributed by atoms with Crippen LogP contribution in [0.5, 0.6) is 0 Å². The fourth-order valence-electron chi connectivity index (χ4n) is 5.81. The van der Waals surface area contributed by atoms with Gasteiger partial charge in [-0.2, -0.15) is 5.26 Å². The fourth-order valence-corrected chi connectivity index (χ4v) is 5.81. The molecule has 0 saturated heterocycles. The maximum absolute atomic E-state index is 9.94. The van der Waals surface area contributed by atoms with E-state index in [0.29, 0.717) is 5.92 Å². The van der Waals surface area contributed by atoms with E-state index in [0.717, 1.165) is 23.7 Å². The van der Waals surface area contributed by atoms with Gasteiger partial charge in [0.1, 0.15) is 0 Å². The third-order valence-corrected chi connectivity index (χ3v) is 7.67. The lowest BCUT2D eigenvalue weighted by atomic mass is 9.58. The summed E-state index contributed by atoms with van der Waals surface area (Å²) in [5.41, 5.74) is 0.0542. The first-order valence-electron chi connectivity index (χ1n) is 10.0. The van der Waals surface area contributed by atoms with Gasteiger partial charge in [0.25, 0.3) is 0 Å². The first-order valence-corrected chi connectivity index (χ1v) is 10.0. The van der Waals surface area contributed by atoms with E-state index in [9.17, 15) is 5.26 Å². The Balaban J connectivity index is 1.56. The van der Waals surface area contributed by atoms with Gasteiger partial charge in [-0.15, -0.1) is 0 Å². The molecule has 124 valence electrons. The normalized spacial score (nSPS) is 46.9. The predicted molar refractivity (Wildman–Crippen MR) is 92.2 cm³/mol.